The fraction of sp³-hybridized carbons (Fsp3) is 0.550. The van der Waals surface area contributed by atoms with Crippen LogP contribution in [-0.4, -0.2) is 47.4 Å². The highest BCUT2D eigenvalue weighted by Crippen LogP contribution is 2.36. The lowest BCUT2D eigenvalue weighted by atomic mass is 9.97. The molecule has 2 saturated heterocycles. The molecule has 2 N–H and O–H groups in total. The number of rotatable bonds is 4. The average molecular weight is 370 g/mol. The van der Waals surface area contributed by atoms with Gasteiger partial charge in [-0.2, -0.15) is 0 Å². The van der Waals surface area contributed by atoms with E-state index in [1.807, 2.05) is 24.3 Å². The van der Waals surface area contributed by atoms with Gasteiger partial charge in [-0.25, -0.2) is 9.69 Å². The minimum Gasteiger partial charge on any atom is -0.371 e. The summed E-state index contributed by atoms with van der Waals surface area (Å²) in [5, 5.41) is 5.69. The molecule has 3 aliphatic rings. The number of nitrogens with zero attached hydrogens (tertiary/aromatic N) is 2. The van der Waals surface area contributed by atoms with Gasteiger partial charge >= 0.3 is 6.03 Å². The number of nitrogens with one attached hydrogen (secondary N) is 2. The summed E-state index contributed by atoms with van der Waals surface area (Å²) in [7, 11) is 0. The van der Waals surface area contributed by atoms with Crippen molar-refractivity contribution in [2.45, 2.75) is 57.0 Å². The molecule has 2 heterocycles. The van der Waals surface area contributed by atoms with Crippen molar-refractivity contribution >= 4 is 29.2 Å². The molecule has 3 fully saturated rings. The number of carbonyl (C=O) groups is 3. The van der Waals surface area contributed by atoms with Gasteiger partial charge in [0.15, 0.2) is 0 Å². The topological polar surface area (TPSA) is 81.8 Å². The lowest BCUT2D eigenvalue weighted by Crippen LogP contribution is -2.48. The molecule has 7 heteroatoms. The first kappa shape index (κ1) is 17.8. The molecule has 2 aliphatic heterocycles. The molecule has 1 aromatic rings. The van der Waals surface area contributed by atoms with E-state index in [9.17, 15) is 14.4 Å². The lowest BCUT2D eigenvalue weighted by Gasteiger charge is -2.24. The molecule has 1 spiro atoms. The summed E-state index contributed by atoms with van der Waals surface area (Å²) in [6, 6.07) is 6.40. The monoisotopic (exact) mass is 370 g/mol. The average Bonchev–Trinajstić information content (AvgIpc) is 3.38. The highest BCUT2D eigenvalue weighted by atomic mass is 16.2. The van der Waals surface area contributed by atoms with Crippen LogP contribution in [-0.2, 0) is 9.59 Å². The molecule has 27 heavy (non-hydrogen) atoms. The second-order valence-corrected chi connectivity index (χ2v) is 7.80. The highest BCUT2D eigenvalue weighted by Gasteiger charge is 2.54. The largest absolute Gasteiger partial charge is 0.371 e. The molecule has 4 amide bonds. The van der Waals surface area contributed by atoms with Gasteiger partial charge in [0.05, 0.1) is 0 Å². The van der Waals surface area contributed by atoms with Gasteiger partial charge in [0, 0.05) is 24.5 Å². The lowest BCUT2D eigenvalue weighted by molar-refractivity contribution is -0.136. The zero-order valence-corrected chi connectivity index (χ0v) is 15.7. The molecule has 1 atom stereocenters. The van der Waals surface area contributed by atoms with Crippen molar-refractivity contribution in [3.05, 3.63) is 24.3 Å². The Morgan fingerprint density at radius 2 is 1.85 bits per heavy atom. The number of hydrogen-bond donors (Lipinski definition) is 2. The van der Waals surface area contributed by atoms with Crippen LogP contribution in [0.4, 0.5) is 16.2 Å². The number of benzene rings is 1. The number of hydrogen-bond acceptors (Lipinski definition) is 4. The van der Waals surface area contributed by atoms with E-state index in [0.29, 0.717) is 18.5 Å². The maximum absolute atomic E-state index is 12.8. The summed E-state index contributed by atoms with van der Waals surface area (Å²) in [4.78, 5) is 41.3. The third-order valence-corrected chi connectivity index (χ3v) is 6.00. The Morgan fingerprint density at radius 3 is 2.56 bits per heavy atom. The Hall–Kier alpha value is -2.57. The Morgan fingerprint density at radius 1 is 1.15 bits per heavy atom. The van der Waals surface area contributed by atoms with Gasteiger partial charge in [-0.3, -0.25) is 9.59 Å². The van der Waals surface area contributed by atoms with E-state index >= 15 is 0 Å². The third-order valence-electron chi connectivity index (χ3n) is 6.00. The summed E-state index contributed by atoms with van der Waals surface area (Å²) in [6.45, 7) is 3.65. The fourth-order valence-electron chi connectivity index (χ4n) is 4.43. The van der Waals surface area contributed by atoms with Gasteiger partial charge in [-0.05, 0) is 50.8 Å². The van der Waals surface area contributed by atoms with Crippen LogP contribution in [0, 0.1) is 0 Å². The maximum atomic E-state index is 12.8. The molecular weight excluding hydrogens is 344 g/mol. The van der Waals surface area contributed by atoms with E-state index in [1.165, 1.54) is 12.8 Å². The zero-order chi connectivity index (χ0) is 19.0. The summed E-state index contributed by atoms with van der Waals surface area (Å²) < 4.78 is 0. The van der Waals surface area contributed by atoms with Crippen molar-refractivity contribution in [3.8, 4) is 0 Å². The first-order valence-electron chi connectivity index (χ1n) is 9.82. The Labute approximate surface area is 159 Å². The van der Waals surface area contributed by atoms with Gasteiger partial charge in [-0.1, -0.05) is 18.9 Å². The standard InChI is InChI=1S/C20H26N4O3/c1-14(24-18(26)20(22-19(24)27)9-2-3-10-20)17(25)21-15-7-6-8-16(13-15)23-11-4-5-12-23/h6-8,13-14H,2-5,9-12H2,1H3,(H,21,25)(H,22,27). The molecule has 4 rings (SSSR count). The van der Waals surface area contributed by atoms with E-state index in [-0.39, 0.29) is 11.8 Å². The van der Waals surface area contributed by atoms with Crippen molar-refractivity contribution in [1.29, 1.82) is 0 Å². The Balaban J connectivity index is 1.46. The van der Waals surface area contributed by atoms with Gasteiger partial charge in [0.1, 0.15) is 11.6 Å². The van der Waals surface area contributed by atoms with E-state index in [4.69, 9.17) is 0 Å². The third kappa shape index (κ3) is 3.15. The number of carbonyl (C=O) groups excluding carboxylic acids is 3. The molecule has 1 aromatic carbocycles. The van der Waals surface area contributed by atoms with Crippen LogP contribution in [0.15, 0.2) is 24.3 Å². The van der Waals surface area contributed by atoms with Crippen LogP contribution in [0.5, 0.6) is 0 Å². The van der Waals surface area contributed by atoms with Crippen LogP contribution in [0.2, 0.25) is 0 Å². The van der Waals surface area contributed by atoms with Gasteiger partial charge < -0.3 is 15.5 Å². The zero-order valence-electron chi connectivity index (χ0n) is 15.7. The molecule has 1 unspecified atom stereocenters. The van der Waals surface area contributed by atoms with Gasteiger partial charge in [0.2, 0.25) is 5.91 Å². The molecule has 1 saturated carbocycles. The number of imide groups is 1. The molecule has 1 aliphatic carbocycles. The van der Waals surface area contributed by atoms with Gasteiger partial charge in [-0.15, -0.1) is 0 Å². The molecule has 7 nitrogen and oxygen atoms in total. The smallest absolute Gasteiger partial charge is 0.325 e. The minimum absolute atomic E-state index is 0.265. The normalized spacial score (nSPS) is 22.4. The predicted octanol–water partition coefficient (Wildman–Crippen LogP) is 2.48. The molecular formula is C20H26N4O3. The fourth-order valence-corrected chi connectivity index (χ4v) is 4.43. The second kappa shape index (κ2) is 6.87. The maximum Gasteiger partial charge on any atom is 0.325 e. The van der Waals surface area contributed by atoms with Crippen molar-refractivity contribution in [2.75, 3.05) is 23.3 Å². The predicted molar refractivity (Wildman–Crippen MR) is 103 cm³/mol. The van der Waals surface area contributed by atoms with E-state index in [0.717, 1.165) is 36.5 Å². The molecule has 0 radical (unpaired) electrons. The molecule has 0 aromatic heterocycles. The number of amides is 4. The summed E-state index contributed by atoms with van der Waals surface area (Å²) in [5.74, 6) is -0.620. The van der Waals surface area contributed by atoms with Crippen LogP contribution in [0.3, 0.4) is 0 Å². The SMILES string of the molecule is CC(C(=O)Nc1cccc(N2CCCC2)c1)N1C(=O)NC2(CCCC2)C1=O. The minimum atomic E-state index is -0.854. The Bertz CT molecular complexity index is 766. The highest BCUT2D eigenvalue weighted by molar-refractivity contribution is 6.11. The summed E-state index contributed by atoms with van der Waals surface area (Å²) in [5.41, 5.74) is 0.970. The van der Waals surface area contributed by atoms with Crippen molar-refractivity contribution < 1.29 is 14.4 Å². The Kier molecular flexibility index (Phi) is 4.53. The van der Waals surface area contributed by atoms with Crippen molar-refractivity contribution in [2.24, 2.45) is 0 Å². The second-order valence-electron chi connectivity index (χ2n) is 7.80. The van der Waals surface area contributed by atoms with Crippen molar-refractivity contribution in [3.63, 3.8) is 0 Å². The number of anilines is 2. The van der Waals surface area contributed by atoms with E-state index < -0.39 is 17.6 Å². The summed E-state index contributed by atoms with van der Waals surface area (Å²) in [6.07, 6.45) is 5.51. The first-order chi connectivity index (χ1) is 13.0. The quantitative estimate of drug-likeness (QED) is 0.798. The molecule has 0 bridgehead atoms. The van der Waals surface area contributed by atoms with E-state index in [1.54, 1.807) is 6.92 Å². The van der Waals surface area contributed by atoms with Crippen LogP contribution in [0.1, 0.15) is 45.4 Å². The molecule has 144 valence electrons. The van der Waals surface area contributed by atoms with E-state index in [2.05, 4.69) is 15.5 Å². The van der Waals surface area contributed by atoms with Crippen LogP contribution >= 0.6 is 0 Å². The van der Waals surface area contributed by atoms with Crippen LogP contribution in [0.25, 0.3) is 0 Å². The van der Waals surface area contributed by atoms with Crippen LogP contribution < -0.4 is 15.5 Å². The van der Waals surface area contributed by atoms with Gasteiger partial charge in [0.25, 0.3) is 5.91 Å². The first-order valence-corrected chi connectivity index (χ1v) is 9.82. The number of urea groups is 1. The van der Waals surface area contributed by atoms with Crippen molar-refractivity contribution in [1.82, 2.24) is 10.2 Å². The summed E-state index contributed by atoms with van der Waals surface area (Å²) >= 11 is 0.